The maximum atomic E-state index is 13.4. The number of carbonyl (C=O) groups is 1. The van der Waals surface area contributed by atoms with Crippen LogP contribution >= 0.6 is 0 Å². The van der Waals surface area contributed by atoms with E-state index < -0.39 is 10.0 Å². The minimum atomic E-state index is -3.74. The molecule has 2 aliphatic heterocycles. The Morgan fingerprint density at radius 3 is 2.26 bits per heavy atom. The summed E-state index contributed by atoms with van der Waals surface area (Å²) in [5.74, 6) is -0.129. The molecular formula is C32H30N6O3S. The topological polar surface area (TPSA) is 133 Å². The van der Waals surface area contributed by atoms with E-state index in [1.165, 1.54) is 34.1 Å². The van der Waals surface area contributed by atoms with Gasteiger partial charge in [-0.05, 0) is 78.6 Å². The molecule has 10 heteroatoms. The van der Waals surface area contributed by atoms with Crippen molar-refractivity contribution in [3.05, 3.63) is 100 Å². The number of hydrogen-bond donors (Lipinski definition) is 2. The molecule has 0 unspecified atom stereocenters. The fourth-order valence-corrected chi connectivity index (χ4v) is 7.24. The second-order valence-corrected chi connectivity index (χ2v) is 12.8. The van der Waals surface area contributed by atoms with Gasteiger partial charge >= 0.3 is 0 Å². The molecule has 6 rings (SSSR count). The van der Waals surface area contributed by atoms with Crippen LogP contribution in [0, 0.1) is 22.7 Å². The molecule has 0 aliphatic carbocycles. The second-order valence-electron chi connectivity index (χ2n) is 10.9. The van der Waals surface area contributed by atoms with E-state index in [4.69, 9.17) is 10.5 Å². The van der Waals surface area contributed by atoms with Crippen molar-refractivity contribution in [2.45, 2.75) is 43.3 Å². The van der Waals surface area contributed by atoms with Gasteiger partial charge in [-0.3, -0.25) is 9.69 Å². The van der Waals surface area contributed by atoms with E-state index in [0.29, 0.717) is 29.7 Å². The fraction of sp³-hybridized carbons (Fsp3) is 0.281. The Balaban J connectivity index is 1.11. The van der Waals surface area contributed by atoms with E-state index in [1.54, 1.807) is 0 Å². The molecule has 0 atom stereocenters. The van der Waals surface area contributed by atoms with Crippen LogP contribution in [0.15, 0.2) is 71.6 Å². The number of nitriles is 2. The minimum Gasteiger partial charge on any atom is -0.358 e. The van der Waals surface area contributed by atoms with Crippen LogP contribution in [-0.2, 0) is 29.5 Å². The Bertz CT molecular complexity index is 1820. The number of amides is 1. The van der Waals surface area contributed by atoms with Crippen molar-refractivity contribution in [1.82, 2.24) is 19.5 Å². The highest BCUT2D eigenvalue weighted by Gasteiger charge is 2.31. The Hall–Kier alpha value is -4.48. The Morgan fingerprint density at radius 1 is 0.929 bits per heavy atom. The SMILES string of the molecule is N#Cc1ccc(CN2CCC(NC(=O)c3ccc4[nH]c5c(c4c3)CN(S(=O)(=O)c3ccc(C#N)cc3)CC5)CC2)cc1. The summed E-state index contributed by atoms with van der Waals surface area (Å²) in [7, 11) is -3.74. The van der Waals surface area contributed by atoms with Gasteiger partial charge < -0.3 is 10.3 Å². The quantitative estimate of drug-likeness (QED) is 0.355. The number of likely N-dealkylation sites (tertiary alicyclic amines) is 1. The van der Waals surface area contributed by atoms with Crippen molar-refractivity contribution in [3.8, 4) is 12.1 Å². The van der Waals surface area contributed by atoms with Crippen LogP contribution in [0.3, 0.4) is 0 Å². The van der Waals surface area contributed by atoms with Gasteiger partial charge in [-0.25, -0.2) is 8.42 Å². The summed E-state index contributed by atoms with van der Waals surface area (Å²) < 4.78 is 28.2. The van der Waals surface area contributed by atoms with Gasteiger partial charge in [-0.1, -0.05) is 12.1 Å². The normalized spacial score (nSPS) is 16.4. The smallest absolute Gasteiger partial charge is 0.251 e. The molecule has 0 radical (unpaired) electrons. The molecule has 212 valence electrons. The maximum Gasteiger partial charge on any atom is 0.251 e. The highest BCUT2D eigenvalue weighted by atomic mass is 32.2. The largest absolute Gasteiger partial charge is 0.358 e. The molecule has 42 heavy (non-hydrogen) atoms. The first-order valence-electron chi connectivity index (χ1n) is 14.0. The minimum absolute atomic E-state index is 0.0820. The van der Waals surface area contributed by atoms with Crippen molar-refractivity contribution < 1.29 is 13.2 Å². The number of piperidine rings is 1. The van der Waals surface area contributed by atoms with Crippen LogP contribution in [0.4, 0.5) is 0 Å². The van der Waals surface area contributed by atoms with Gasteiger partial charge in [-0.2, -0.15) is 14.8 Å². The Labute approximate surface area is 245 Å². The number of sulfonamides is 1. The third-order valence-electron chi connectivity index (χ3n) is 8.24. The summed E-state index contributed by atoms with van der Waals surface area (Å²) in [6.45, 7) is 3.12. The first-order valence-corrected chi connectivity index (χ1v) is 15.4. The number of fused-ring (bicyclic) bond motifs is 3. The summed E-state index contributed by atoms with van der Waals surface area (Å²) in [6, 6.07) is 23.4. The summed E-state index contributed by atoms with van der Waals surface area (Å²) in [6.07, 6.45) is 2.25. The number of rotatable bonds is 6. The molecule has 0 spiro atoms. The lowest BCUT2D eigenvalue weighted by molar-refractivity contribution is 0.0909. The lowest BCUT2D eigenvalue weighted by Gasteiger charge is -2.32. The van der Waals surface area contributed by atoms with Gasteiger partial charge in [-0.15, -0.1) is 0 Å². The Morgan fingerprint density at radius 2 is 1.60 bits per heavy atom. The van der Waals surface area contributed by atoms with Gasteiger partial charge in [0, 0.05) is 67.3 Å². The van der Waals surface area contributed by atoms with Crippen molar-refractivity contribution in [2.24, 2.45) is 0 Å². The van der Waals surface area contributed by atoms with E-state index in [0.717, 1.165) is 54.6 Å². The number of H-pyrrole nitrogens is 1. The van der Waals surface area contributed by atoms with E-state index >= 15 is 0 Å². The van der Waals surface area contributed by atoms with Crippen molar-refractivity contribution in [1.29, 1.82) is 10.5 Å². The number of hydrogen-bond acceptors (Lipinski definition) is 6. The highest BCUT2D eigenvalue weighted by molar-refractivity contribution is 7.89. The molecule has 2 aliphatic rings. The fourth-order valence-electron chi connectivity index (χ4n) is 5.83. The lowest BCUT2D eigenvalue weighted by Crippen LogP contribution is -2.44. The summed E-state index contributed by atoms with van der Waals surface area (Å²) in [4.78, 5) is 19.2. The van der Waals surface area contributed by atoms with E-state index in [1.807, 2.05) is 48.5 Å². The molecule has 2 N–H and O–H groups in total. The molecule has 0 saturated carbocycles. The second kappa shape index (κ2) is 11.4. The lowest BCUT2D eigenvalue weighted by atomic mass is 10.0. The van der Waals surface area contributed by atoms with E-state index in [-0.39, 0.29) is 23.4 Å². The predicted molar refractivity (Wildman–Crippen MR) is 158 cm³/mol. The van der Waals surface area contributed by atoms with Gasteiger partial charge in [0.05, 0.1) is 28.2 Å². The van der Waals surface area contributed by atoms with Gasteiger partial charge in [0.25, 0.3) is 5.91 Å². The number of nitrogens with one attached hydrogen (secondary N) is 2. The molecule has 3 aromatic carbocycles. The van der Waals surface area contributed by atoms with Gasteiger partial charge in [0.2, 0.25) is 10.0 Å². The molecule has 4 aromatic rings. The summed E-state index contributed by atoms with van der Waals surface area (Å²) in [5, 5.41) is 22.1. The first-order chi connectivity index (χ1) is 20.3. The standard InChI is InChI=1S/C32H30N6O3S/c33-18-22-1-3-24(4-2-22)20-37-14-11-26(12-15-37)35-32(39)25-7-10-30-28(17-25)29-21-38(16-13-31(29)36-30)42(40,41)27-8-5-23(19-34)6-9-27/h1-10,17,26,36H,11-16,20-21H2,(H,35,39). The maximum absolute atomic E-state index is 13.4. The summed E-state index contributed by atoms with van der Waals surface area (Å²) >= 11 is 0. The zero-order valence-corrected chi connectivity index (χ0v) is 23.8. The third-order valence-corrected chi connectivity index (χ3v) is 10.1. The molecule has 1 aromatic heterocycles. The van der Waals surface area contributed by atoms with Crippen LogP contribution in [0.25, 0.3) is 10.9 Å². The van der Waals surface area contributed by atoms with Crippen LogP contribution < -0.4 is 5.32 Å². The number of nitrogens with zero attached hydrogens (tertiary/aromatic N) is 4. The molecule has 3 heterocycles. The average Bonchev–Trinajstić information content (AvgIpc) is 3.39. The number of aromatic nitrogens is 1. The number of carbonyl (C=O) groups excluding carboxylic acids is 1. The van der Waals surface area contributed by atoms with E-state index in [9.17, 15) is 13.2 Å². The molecule has 1 amide bonds. The Kier molecular flexibility index (Phi) is 7.53. The van der Waals surface area contributed by atoms with Crippen molar-refractivity contribution >= 4 is 26.8 Å². The van der Waals surface area contributed by atoms with Gasteiger partial charge in [0.15, 0.2) is 0 Å². The zero-order valence-electron chi connectivity index (χ0n) is 23.0. The van der Waals surface area contributed by atoms with Crippen LogP contribution in [0.1, 0.15) is 51.1 Å². The molecule has 1 saturated heterocycles. The zero-order chi connectivity index (χ0) is 29.3. The summed E-state index contributed by atoms with van der Waals surface area (Å²) in [5.41, 5.74) is 5.54. The van der Waals surface area contributed by atoms with Crippen LogP contribution in [0.2, 0.25) is 0 Å². The van der Waals surface area contributed by atoms with Crippen LogP contribution in [0.5, 0.6) is 0 Å². The monoisotopic (exact) mass is 578 g/mol. The predicted octanol–water partition coefficient (Wildman–Crippen LogP) is 4.05. The van der Waals surface area contributed by atoms with Gasteiger partial charge in [0.1, 0.15) is 0 Å². The average molecular weight is 579 g/mol. The number of benzene rings is 3. The van der Waals surface area contributed by atoms with Crippen molar-refractivity contribution in [3.63, 3.8) is 0 Å². The molecular weight excluding hydrogens is 548 g/mol. The van der Waals surface area contributed by atoms with E-state index in [2.05, 4.69) is 21.3 Å². The first kappa shape index (κ1) is 27.7. The molecule has 0 bridgehead atoms. The third kappa shape index (κ3) is 5.53. The molecule has 9 nitrogen and oxygen atoms in total. The van der Waals surface area contributed by atoms with Crippen LogP contribution in [-0.4, -0.2) is 54.2 Å². The molecule has 1 fully saturated rings. The highest BCUT2D eigenvalue weighted by Crippen LogP contribution is 2.31. The number of aromatic amines is 1. The van der Waals surface area contributed by atoms with Crippen molar-refractivity contribution in [2.75, 3.05) is 19.6 Å².